The molecule has 0 fully saturated rings. The van der Waals surface area contributed by atoms with Crippen molar-refractivity contribution in [3.8, 4) is 0 Å². The molecule has 3 nitrogen and oxygen atoms in total. The van der Waals surface area contributed by atoms with Gasteiger partial charge in [-0.3, -0.25) is 0 Å². The quantitative estimate of drug-likeness (QED) is 0.843. The van der Waals surface area contributed by atoms with Crippen LogP contribution < -0.4 is 10.2 Å². The number of nitrogens with zero attached hydrogens (tertiary/aromatic N) is 1. The summed E-state index contributed by atoms with van der Waals surface area (Å²) in [6, 6.07) is 6.11. The van der Waals surface area contributed by atoms with E-state index in [1.165, 1.54) is 5.56 Å². The molecule has 1 aromatic carbocycles. The van der Waals surface area contributed by atoms with Gasteiger partial charge in [0.05, 0.1) is 17.3 Å². The van der Waals surface area contributed by atoms with Crippen LogP contribution in [-0.2, 0) is 6.54 Å². The van der Waals surface area contributed by atoms with Crippen molar-refractivity contribution in [2.45, 2.75) is 39.8 Å². The molecule has 0 unspecified atom stereocenters. The lowest BCUT2D eigenvalue weighted by molar-refractivity contribution is 0.302. The molecule has 2 N–H and O–H groups in total. The van der Waals surface area contributed by atoms with Gasteiger partial charge in [0, 0.05) is 25.2 Å². The minimum atomic E-state index is 0.0947. The van der Waals surface area contributed by atoms with Crippen LogP contribution in [0.5, 0.6) is 0 Å². The zero-order valence-corrected chi connectivity index (χ0v) is 13.1. The Balaban J connectivity index is 2.79. The van der Waals surface area contributed by atoms with E-state index in [1.807, 2.05) is 12.1 Å². The number of aliphatic hydroxyl groups excluding tert-OH is 1. The number of hydrogen-bond acceptors (Lipinski definition) is 3. The van der Waals surface area contributed by atoms with E-state index in [4.69, 9.17) is 16.7 Å². The monoisotopic (exact) mass is 284 g/mol. The largest absolute Gasteiger partial charge is 0.395 e. The highest BCUT2D eigenvalue weighted by molar-refractivity contribution is 6.33. The van der Waals surface area contributed by atoms with Gasteiger partial charge in [0.15, 0.2) is 0 Å². The summed E-state index contributed by atoms with van der Waals surface area (Å²) in [4.78, 5) is 2.07. The van der Waals surface area contributed by atoms with Gasteiger partial charge in [-0.2, -0.15) is 0 Å². The van der Waals surface area contributed by atoms with Gasteiger partial charge in [-0.05, 0) is 45.4 Å². The maximum absolute atomic E-state index is 9.05. The first-order valence-electron chi connectivity index (χ1n) is 6.76. The first-order chi connectivity index (χ1) is 8.87. The van der Waals surface area contributed by atoms with Gasteiger partial charge in [-0.15, -0.1) is 0 Å². The SMILES string of the molecule is CCN(CCO)c1ccc(CNC(C)(C)C)cc1Cl. The zero-order chi connectivity index (χ0) is 14.5. The molecule has 0 saturated carbocycles. The van der Waals surface area contributed by atoms with E-state index in [2.05, 4.69) is 44.0 Å². The first-order valence-corrected chi connectivity index (χ1v) is 7.14. The average Bonchev–Trinajstić information content (AvgIpc) is 2.33. The number of rotatable bonds is 6. The van der Waals surface area contributed by atoms with E-state index in [-0.39, 0.29) is 12.1 Å². The first kappa shape index (κ1) is 16.3. The number of anilines is 1. The van der Waals surface area contributed by atoms with E-state index in [0.29, 0.717) is 6.54 Å². The molecule has 4 heteroatoms. The van der Waals surface area contributed by atoms with Crippen LogP contribution in [0.1, 0.15) is 33.3 Å². The molecule has 0 amide bonds. The van der Waals surface area contributed by atoms with Gasteiger partial charge in [-0.1, -0.05) is 17.7 Å². The second-order valence-electron chi connectivity index (χ2n) is 5.69. The van der Waals surface area contributed by atoms with Crippen LogP contribution in [-0.4, -0.2) is 30.3 Å². The third-order valence-corrected chi connectivity index (χ3v) is 3.23. The highest BCUT2D eigenvalue weighted by Gasteiger charge is 2.11. The van der Waals surface area contributed by atoms with Crippen molar-refractivity contribution in [2.75, 3.05) is 24.6 Å². The summed E-state index contributed by atoms with van der Waals surface area (Å²) in [7, 11) is 0. The summed E-state index contributed by atoms with van der Waals surface area (Å²) < 4.78 is 0. The molecular weight excluding hydrogens is 260 g/mol. The lowest BCUT2D eigenvalue weighted by Crippen LogP contribution is -2.35. The highest BCUT2D eigenvalue weighted by atomic mass is 35.5. The smallest absolute Gasteiger partial charge is 0.0642 e. The molecule has 0 heterocycles. The van der Waals surface area contributed by atoms with Crippen molar-refractivity contribution in [3.05, 3.63) is 28.8 Å². The van der Waals surface area contributed by atoms with Crippen molar-refractivity contribution in [3.63, 3.8) is 0 Å². The van der Waals surface area contributed by atoms with Crippen LogP contribution in [0.4, 0.5) is 5.69 Å². The van der Waals surface area contributed by atoms with Gasteiger partial charge in [0.1, 0.15) is 0 Å². The fourth-order valence-electron chi connectivity index (χ4n) is 1.85. The van der Waals surface area contributed by atoms with Crippen molar-refractivity contribution in [1.82, 2.24) is 5.32 Å². The van der Waals surface area contributed by atoms with E-state index in [0.717, 1.165) is 23.8 Å². The number of halogens is 1. The predicted octanol–water partition coefficient (Wildman–Crippen LogP) is 3.05. The van der Waals surface area contributed by atoms with Crippen LogP contribution in [0.3, 0.4) is 0 Å². The Bertz CT molecular complexity index is 402. The Kier molecular flexibility index (Phi) is 6.11. The molecule has 19 heavy (non-hydrogen) atoms. The fraction of sp³-hybridized carbons (Fsp3) is 0.600. The van der Waals surface area contributed by atoms with Crippen molar-refractivity contribution in [1.29, 1.82) is 0 Å². The molecular formula is C15H25ClN2O. The summed E-state index contributed by atoms with van der Waals surface area (Å²) in [6.07, 6.45) is 0. The Morgan fingerprint density at radius 3 is 2.47 bits per heavy atom. The molecule has 0 aliphatic rings. The van der Waals surface area contributed by atoms with Crippen LogP contribution >= 0.6 is 11.6 Å². The highest BCUT2D eigenvalue weighted by Crippen LogP contribution is 2.26. The second kappa shape index (κ2) is 7.13. The third-order valence-electron chi connectivity index (χ3n) is 2.93. The second-order valence-corrected chi connectivity index (χ2v) is 6.10. The van der Waals surface area contributed by atoms with Crippen molar-refractivity contribution >= 4 is 17.3 Å². The number of hydrogen-bond donors (Lipinski definition) is 2. The predicted molar refractivity (Wildman–Crippen MR) is 83.0 cm³/mol. The molecule has 0 aliphatic heterocycles. The van der Waals surface area contributed by atoms with Gasteiger partial charge in [-0.25, -0.2) is 0 Å². The minimum Gasteiger partial charge on any atom is -0.395 e. The summed E-state index contributed by atoms with van der Waals surface area (Å²) >= 11 is 6.34. The van der Waals surface area contributed by atoms with Crippen LogP contribution in [0.15, 0.2) is 18.2 Å². The summed E-state index contributed by atoms with van der Waals surface area (Å²) in [5.74, 6) is 0. The lowest BCUT2D eigenvalue weighted by Gasteiger charge is -2.24. The summed E-state index contributed by atoms with van der Waals surface area (Å²) in [5, 5.41) is 13.2. The average molecular weight is 285 g/mol. The summed E-state index contributed by atoms with van der Waals surface area (Å²) in [5.41, 5.74) is 2.25. The van der Waals surface area contributed by atoms with Gasteiger partial charge in [0.2, 0.25) is 0 Å². The molecule has 0 atom stereocenters. The standard InChI is InChI=1S/C15H25ClN2O/c1-5-18(8-9-19)14-7-6-12(10-13(14)16)11-17-15(2,3)4/h6-7,10,17,19H,5,8-9,11H2,1-4H3. The van der Waals surface area contributed by atoms with Crippen LogP contribution in [0.2, 0.25) is 5.02 Å². The molecule has 0 radical (unpaired) electrons. The molecule has 0 aromatic heterocycles. The number of nitrogens with one attached hydrogen (secondary N) is 1. The van der Waals surface area contributed by atoms with E-state index >= 15 is 0 Å². The molecule has 0 aliphatic carbocycles. The Morgan fingerprint density at radius 1 is 1.32 bits per heavy atom. The van der Waals surface area contributed by atoms with Crippen LogP contribution in [0, 0.1) is 0 Å². The molecule has 0 spiro atoms. The maximum atomic E-state index is 9.05. The van der Waals surface area contributed by atoms with E-state index < -0.39 is 0 Å². The van der Waals surface area contributed by atoms with Crippen molar-refractivity contribution in [2.24, 2.45) is 0 Å². The normalized spacial score (nSPS) is 11.7. The Morgan fingerprint density at radius 2 is 2.00 bits per heavy atom. The van der Waals surface area contributed by atoms with Gasteiger partial charge in [0.25, 0.3) is 0 Å². The summed E-state index contributed by atoms with van der Waals surface area (Å²) in [6.45, 7) is 10.9. The number of aliphatic hydroxyl groups is 1. The lowest BCUT2D eigenvalue weighted by atomic mass is 10.1. The van der Waals surface area contributed by atoms with Gasteiger partial charge < -0.3 is 15.3 Å². The zero-order valence-electron chi connectivity index (χ0n) is 12.3. The number of benzene rings is 1. The van der Waals surface area contributed by atoms with Crippen molar-refractivity contribution < 1.29 is 5.11 Å². The molecule has 108 valence electrons. The van der Waals surface area contributed by atoms with Gasteiger partial charge >= 0.3 is 0 Å². The molecule has 0 saturated heterocycles. The maximum Gasteiger partial charge on any atom is 0.0642 e. The number of likely N-dealkylation sites (N-methyl/N-ethyl adjacent to an activating group) is 1. The minimum absolute atomic E-state index is 0.0947. The third kappa shape index (κ3) is 5.39. The Labute approximate surface area is 121 Å². The van der Waals surface area contributed by atoms with E-state index in [9.17, 15) is 0 Å². The molecule has 1 aromatic rings. The molecule has 0 bridgehead atoms. The Hall–Kier alpha value is -0.770. The van der Waals surface area contributed by atoms with E-state index in [1.54, 1.807) is 0 Å². The van der Waals surface area contributed by atoms with Crippen LogP contribution in [0.25, 0.3) is 0 Å². The topological polar surface area (TPSA) is 35.5 Å². The fourth-order valence-corrected chi connectivity index (χ4v) is 2.18. The molecule has 1 rings (SSSR count).